The average Bonchev–Trinajstić information content (AvgIpc) is 3.35. The number of nitrogens with one attached hydrogen (secondary N) is 1. The van der Waals surface area contributed by atoms with Crippen LogP contribution in [-0.2, 0) is 6.18 Å². The minimum atomic E-state index is -4.69. The number of aliphatic hydroxyl groups is 1. The number of hydrogen-bond donors (Lipinski definition) is 4. The van der Waals surface area contributed by atoms with E-state index in [1.807, 2.05) is 30.3 Å². The number of alkyl halides is 3. The smallest absolute Gasteiger partial charge is 0.397 e. The van der Waals surface area contributed by atoms with Crippen molar-refractivity contribution in [2.24, 2.45) is 5.73 Å². The van der Waals surface area contributed by atoms with Gasteiger partial charge in [0.05, 0.1) is 22.5 Å². The Hall–Kier alpha value is -4.33. The van der Waals surface area contributed by atoms with Crippen molar-refractivity contribution in [1.29, 1.82) is 0 Å². The van der Waals surface area contributed by atoms with Gasteiger partial charge in [-0.05, 0) is 37.1 Å². The Morgan fingerprint density at radius 1 is 1.09 bits per heavy atom. The fourth-order valence-electron chi connectivity index (χ4n) is 5.37. The highest BCUT2D eigenvalue weighted by molar-refractivity contribution is 7.21. The maximum Gasteiger partial charge on any atom is 0.417 e. The molecule has 1 aromatic carbocycles. The van der Waals surface area contributed by atoms with E-state index >= 15 is 0 Å². The molecular weight excluding hydrogens is 579 g/mol. The molecule has 1 aliphatic heterocycles. The number of para-hydroxylation sites is 1. The molecule has 1 atom stereocenters. The van der Waals surface area contributed by atoms with Crippen LogP contribution in [0.15, 0.2) is 60.9 Å². The third-order valence-electron chi connectivity index (χ3n) is 7.69. The Kier molecular flexibility index (Phi) is 7.63. The number of piperidine rings is 1. The SMILES string of the molecule is NC(=O)c1sc2nc(N3CCC(NCC(O)c4ccc(-c5cnc6ccccc6c5)cn4)CC3)cc(C(F)(F)F)c2c1N. The van der Waals surface area contributed by atoms with Crippen LogP contribution in [0.3, 0.4) is 0 Å². The van der Waals surface area contributed by atoms with Gasteiger partial charge in [0.25, 0.3) is 5.91 Å². The van der Waals surface area contributed by atoms with Crippen LogP contribution in [0, 0.1) is 0 Å². The number of carbonyl (C=O) groups excluding carboxylic acids is 1. The van der Waals surface area contributed by atoms with E-state index in [0.29, 0.717) is 31.6 Å². The van der Waals surface area contributed by atoms with Gasteiger partial charge < -0.3 is 26.8 Å². The van der Waals surface area contributed by atoms with Crippen LogP contribution in [-0.4, -0.2) is 51.6 Å². The number of fused-ring (bicyclic) bond motifs is 2. The van der Waals surface area contributed by atoms with Crippen molar-refractivity contribution in [2.75, 3.05) is 30.3 Å². The number of carbonyl (C=O) groups is 1. The predicted octanol–water partition coefficient (Wildman–Crippen LogP) is 4.90. The molecule has 5 aromatic rings. The van der Waals surface area contributed by atoms with Crippen LogP contribution < -0.4 is 21.7 Å². The normalized spacial score (nSPS) is 15.3. The standard InChI is InChI=1S/C30H28F3N7O2S/c31-30(32,33)20-12-24(39-29-25(20)26(34)27(43-29)28(35)42)40-9-7-19(8-10-40)36-15-23(41)22-6-5-17(13-38-22)18-11-16-3-1-2-4-21(16)37-14-18/h1-6,11-14,19,23,36,41H,7-10,15,34H2,(H2,35,42). The summed E-state index contributed by atoms with van der Waals surface area (Å²) in [5.41, 5.74) is 13.2. The zero-order valence-corrected chi connectivity index (χ0v) is 23.6. The number of nitrogens with two attached hydrogens (primary N) is 2. The first-order valence-corrected chi connectivity index (χ1v) is 14.5. The summed E-state index contributed by atoms with van der Waals surface area (Å²) in [5.74, 6) is -0.723. The van der Waals surface area contributed by atoms with E-state index in [9.17, 15) is 23.1 Å². The molecule has 6 N–H and O–H groups in total. The van der Waals surface area contributed by atoms with Crippen molar-refractivity contribution in [2.45, 2.75) is 31.2 Å². The summed E-state index contributed by atoms with van der Waals surface area (Å²) in [7, 11) is 0. The summed E-state index contributed by atoms with van der Waals surface area (Å²) in [6.07, 6.45) is -0.731. The van der Waals surface area contributed by atoms with E-state index < -0.39 is 23.8 Å². The van der Waals surface area contributed by atoms with Crippen molar-refractivity contribution >= 4 is 49.9 Å². The summed E-state index contributed by atoms with van der Waals surface area (Å²) in [6, 6.07) is 14.7. The lowest BCUT2D eigenvalue weighted by Crippen LogP contribution is -2.44. The number of halogens is 3. The highest BCUT2D eigenvalue weighted by atomic mass is 32.1. The fourth-order valence-corrected chi connectivity index (χ4v) is 6.34. The number of rotatable bonds is 7. The molecule has 0 bridgehead atoms. The Bertz CT molecular complexity index is 1800. The maximum atomic E-state index is 13.9. The van der Waals surface area contributed by atoms with Crippen LogP contribution in [0.25, 0.3) is 32.2 Å². The number of nitrogen functional groups attached to an aromatic ring is 1. The van der Waals surface area contributed by atoms with Gasteiger partial charge in [0.15, 0.2) is 0 Å². The number of primary amides is 1. The lowest BCUT2D eigenvalue weighted by molar-refractivity contribution is -0.136. The predicted molar refractivity (Wildman–Crippen MR) is 161 cm³/mol. The molecule has 1 amide bonds. The highest BCUT2D eigenvalue weighted by Crippen LogP contribution is 2.43. The molecule has 0 aliphatic carbocycles. The van der Waals surface area contributed by atoms with Gasteiger partial charge in [0.2, 0.25) is 0 Å². The van der Waals surface area contributed by atoms with Crippen LogP contribution >= 0.6 is 11.3 Å². The van der Waals surface area contributed by atoms with E-state index in [1.165, 1.54) is 0 Å². The monoisotopic (exact) mass is 607 g/mol. The third-order valence-corrected chi connectivity index (χ3v) is 8.80. The Balaban J connectivity index is 1.08. The van der Waals surface area contributed by atoms with Crippen molar-refractivity contribution in [3.8, 4) is 11.1 Å². The molecule has 0 saturated carbocycles. The number of thiophene rings is 1. The second-order valence-electron chi connectivity index (χ2n) is 10.5. The van der Waals surface area contributed by atoms with Crippen LogP contribution in [0.5, 0.6) is 0 Å². The summed E-state index contributed by atoms with van der Waals surface area (Å²) >= 11 is 0.764. The number of anilines is 2. The lowest BCUT2D eigenvalue weighted by Gasteiger charge is -2.34. The first-order valence-electron chi connectivity index (χ1n) is 13.7. The molecule has 1 saturated heterocycles. The molecule has 9 nitrogen and oxygen atoms in total. The molecular formula is C30H28F3N7O2S. The third kappa shape index (κ3) is 5.83. The first kappa shape index (κ1) is 28.8. The van der Waals surface area contributed by atoms with Gasteiger partial charge in [-0.1, -0.05) is 24.3 Å². The number of hydrogen-bond acceptors (Lipinski definition) is 9. The summed E-state index contributed by atoms with van der Waals surface area (Å²) in [5, 5.41) is 14.8. The van der Waals surface area contributed by atoms with E-state index in [4.69, 9.17) is 11.5 Å². The van der Waals surface area contributed by atoms with Gasteiger partial charge in [0, 0.05) is 60.0 Å². The van der Waals surface area contributed by atoms with E-state index in [2.05, 4.69) is 26.3 Å². The molecule has 0 spiro atoms. The fraction of sp³-hybridized carbons (Fsp3) is 0.267. The molecule has 222 valence electrons. The number of pyridine rings is 3. The minimum Gasteiger partial charge on any atom is -0.397 e. The molecule has 1 aliphatic rings. The van der Waals surface area contributed by atoms with Crippen molar-refractivity contribution in [3.63, 3.8) is 0 Å². The largest absolute Gasteiger partial charge is 0.417 e. The summed E-state index contributed by atoms with van der Waals surface area (Å²) < 4.78 is 41.8. The molecule has 0 radical (unpaired) electrons. The number of benzene rings is 1. The van der Waals surface area contributed by atoms with Gasteiger partial charge in [-0.2, -0.15) is 13.2 Å². The number of amides is 1. The molecule has 43 heavy (non-hydrogen) atoms. The molecule has 6 rings (SSSR count). The molecule has 13 heteroatoms. The average molecular weight is 608 g/mol. The van der Waals surface area contributed by atoms with Crippen LogP contribution in [0.2, 0.25) is 0 Å². The first-order chi connectivity index (χ1) is 20.6. The van der Waals surface area contributed by atoms with Crippen LogP contribution in [0.1, 0.15) is 39.9 Å². The highest BCUT2D eigenvalue weighted by Gasteiger charge is 2.37. The van der Waals surface area contributed by atoms with Gasteiger partial charge in [-0.15, -0.1) is 11.3 Å². The van der Waals surface area contributed by atoms with Crippen molar-refractivity contribution < 1.29 is 23.1 Å². The number of aliphatic hydroxyl groups excluding tert-OH is 1. The quantitative estimate of drug-likeness (QED) is 0.205. The van der Waals surface area contributed by atoms with Gasteiger partial charge in [0.1, 0.15) is 21.6 Å². The molecule has 5 heterocycles. The zero-order chi connectivity index (χ0) is 30.3. The zero-order valence-electron chi connectivity index (χ0n) is 22.8. The van der Waals surface area contributed by atoms with E-state index in [1.54, 1.807) is 23.4 Å². The lowest BCUT2D eigenvalue weighted by atomic mass is 10.0. The van der Waals surface area contributed by atoms with E-state index in [-0.39, 0.29) is 39.2 Å². The summed E-state index contributed by atoms with van der Waals surface area (Å²) in [4.78, 5) is 26.7. The Morgan fingerprint density at radius 2 is 1.84 bits per heavy atom. The Morgan fingerprint density at radius 3 is 2.53 bits per heavy atom. The van der Waals surface area contributed by atoms with Gasteiger partial charge in [-0.25, -0.2) is 4.98 Å². The van der Waals surface area contributed by atoms with Crippen LogP contribution in [0.4, 0.5) is 24.7 Å². The van der Waals surface area contributed by atoms with Crippen molar-refractivity contribution in [3.05, 3.63) is 77.1 Å². The topological polar surface area (TPSA) is 143 Å². The molecule has 1 fully saturated rings. The second kappa shape index (κ2) is 11.4. The van der Waals surface area contributed by atoms with E-state index in [0.717, 1.165) is 39.4 Å². The summed E-state index contributed by atoms with van der Waals surface area (Å²) in [6.45, 7) is 1.20. The molecule has 4 aromatic heterocycles. The molecule has 1 unspecified atom stereocenters. The minimum absolute atomic E-state index is 0.0230. The second-order valence-corrected chi connectivity index (χ2v) is 11.5. The number of nitrogens with zero attached hydrogens (tertiary/aromatic N) is 4. The van der Waals surface area contributed by atoms with Gasteiger partial charge >= 0.3 is 6.18 Å². The number of aromatic nitrogens is 3. The van der Waals surface area contributed by atoms with Gasteiger partial charge in [-0.3, -0.25) is 14.8 Å². The Labute approximate surface area is 248 Å². The van der Waals surface area contributed by atoms with Crippen molar-refractivity contribution in [1.82, 2.24) is 20.3 Å². The maximum absolute atomic E-state index is 13.9.